The molecule has 0 N–H and O–H groups in total. The third kappa shape index (κ3) is 4.92. The zero-order valence-corrected chi connectivity index (χ0v) is 14.6. The number of carbonyl (C=O) groups is 1. The molecule has 25 heavy (non-hydrogen) atoms. The highest BCUT2D eigenvalue weighted by Gasteiger charge is 2.24. The topological polar surface area (TPSA) is 64.5 Å². The van der Waals surface area contributed by atoms with E-state index in [0.717, 1.165) is 18.5 Å². The molecule has 6 heteroatoms. The van der Waals surface area contributed by atoms with Crippen LogP contribution in [0.2, 0.25) is 0 Å². The van der Waals surface area contributed by atoms with Crippen LogP contribution in [0.1, 0.15) is 24.4 Å². The van der Waals surface area contributed by atoms with Crippen LogP contribution < -0.4 is 9.47 Å². The highest BCUT2D eigenvalue weighted by Crippen LogP contribution is 2.18. The average Bonchev–Trinajstić information content (AvgIpc) is 2.60. The Bertz CT molecular complexity index is 693. The maximum Gasteiger partial charge on any atom is 0.260 e. The van der Waals surface area contributed by atoms with Crippen molar-refractivity contribution in [1.29, 1.82) is 0 Å². The first-order valence-electron chi connectivity index (χ1n) is 8.55. The maximum absolute atomic E-state index is 12.3. The van der Waals surface area contributed by atoms with E-state index in [0.29, 0.717) is 30.5 Å². The Balaban J connectivity index is 1.45. The Hall–Kier alpha value is -2.63. The highest BCUT2D eigenvalue weighted by atomic mass is 16.5. The molecular weight excluding hydrogens is 318 g/mol. The number of likely N-dealkylation sites (tertiary alicyclic amines) is 1. The smallest absolute Gasteiger partial charge is 0.260 e. The number of hydrogen-bond acceptors (Lipinski definition) is 5. The van der Waals surface area contributed by atoms with Gasteiger partial charge in [-0.05, 0) is 26.0 Å². The summed E-state index contributed by atoms with van der Waals surface area (Å²) in [6.07, 6.45) is 1.66. The molecular formula is C19H23N3O3. The van der Waals surface area contributed by atoms with E-state index in [1.54, 1.807) is 0 Å². The molecule has 0 radical (unpaired) electrons. The quantitative estimate of drug-likeness (QED) is 0.836. The lowest BCUT2D eigenvalue weighted by atomic mass is 10.1. The first-order valence-corrected chi connectivity index (χ1v) is 8.55. The Labute approximate surface area is 147 Å². The predicted molar refractivity (Wildman–Crippen MR) is 93.7 cm³/mol. The SMILES string of the molecule is Cc1cc(OC2CCN(C(=O)COc3ccccc3)CC2)nc(C)n1. The van der Waals surface area contributed by atoms with E-state index >= 15 is 0 Å². The van der Waals surface area contributed by atoms with Gasteiger partial charge >= 0.3 is 0 Å². The van der Waals surface area contributed by atoms with Gasteiger partial charge in [0.15, 0.2) is 6.61 Å². The van der Waals surface area contributed by atoms with Crippen LogP contribution in [0.15, 0.2) is 36.4 Å². The van der Waals surface area contributed by atoms with E-state index in [9.17, 15) is 4.79 Å². The standard InChI is InChI=1S/C19H23N3O3/c1-14-12-18(21-15(2)20-14)25-17-8-10-22(11-9-17)19(23)13-24-16-6-4-3-5-7-16/h3-7,12,17H,8-11,13H2,1-2H3. The Morgan fingerprint density at radius 2 is 1.88 bits per heavy atom. The molecule has 0 saturated carbocycles. The van der Waals surface area contributed by atoms with Crippen molar-refractivity contribution in [3.63, 3.8) is 0 Å². The van der Waals surface area contributed by atoms with Gasteiger partial charge < -0.3 is 14.4 Å². The molecule has 1 aliphatic rings. The Kier molecular flexibility index (Phi) is 5.48. The molecule has 1 aliphatic heterocycles. The summed E-state index contributed by atoms with van der Waals surface area (Å²) < 4.78 is 11.5. The molecule has 0 spiro atoms. The van der Waals surface area contributed by atoms with Gasteiger partial charge in [0.05, 0.1) is 0 Å². The van der Waals surface area contributed by atoms with E-state index in [1.165, 1.54) is 0 Å². The lowest BCUT2D eigenvalue weighted by molar-refractivity contribution is -0.135. The van der Waals surface area contributed by atoms with Gasteiger partial charge in [0, 0.05) is 37.7 Å². The van der Waals surface area contributed by atoms with E-state index < -0.39 is 0 Å². The summed E-state index contributed by atoms with van der Waals surface area (Å²) in [6, 6.07) is 11.2. The third-order valence-electron chi connectivity index (χ3n) is 4.13. The molecule has 6 nitrogen and oxygen atoms in total. The fourth-order valence-corrected chi connectivity index (χ4v) is 2.89. The number of nitrogens with zero attached hydrogens (tertiary/aromatic N) is 3. The van der Waals surface area contributed by atoms with Gasteiger partial charge in [0.1, 0.15) is 17.7 Å². The van der Waals surface area contributed by atoms with Crippen LogP contribution in [0.4, 0.5) is 0 Å². The number of carbonyl (C=O) groups excluding carboxylic acids is 1. The molecule has 0 bridgehead atoms. The second-order valence-electron chi connectivity index (χ2n) is 6.19. The minimum Gasteiger partial charge on any atom is -0.484 e. The normalized spacial score (nSPS) is 15.0. The fourth-order valence-electron chi connectivity index (χ4n) is 2.89. The van der Waals surface area contributed by atoms with Crippen molar-refractivity contribution in [1.82, 2.24) is 14.9 Å². The molecule has 1 saturated heterocycles. The molecule has 2 aromatic rings. The summed E-state index contributed by atoms with van der Waals surface area (Å²) in [4.78, 5) is 22.7. The van der Waals surface area contributed by atoms with E-state index in [2.05, 4.69) is 9.97 Å². The van der Waals surface area contributed by atoms with Crippen LogP contribution >= 0.6 is 0 Å². The second kappa shape index (κ2) is 7.96. The van der Waals surface area contributed by atoms with Gasteiger partial charge in [0.25, 0.3) is 5.91 Å². The lowest BCUT2D eigenvalue weighted by Crippen LogP contribution is -2.43. The number of rotatable bonds is 5. The van der Waals surface area contributed by atoms with Crippen LogP contribution in [0, 0.1) is 13.8 Å². The molecule has 132 valence electrons. The number of amides is 1. The molecule has 1 fully saturated rings. The summed E-state index contributed by atoms with van der Waals surface area (Å²) in [5, 5.41) is 0. The largest absolute Gasteiger partial charge is 0.484 e. The van der Waals surface area contributed by atoms with Crippen LogP contribution in [0.25, 0.3) is 0 Å². The summed E-state index contributed by atoms with van der Waals surface area (Å²) in [7, 11) is 0. The molecule has 1 aromatic carbocycles. The van der Waals surface area contributed by atoms with Crippen LogP contribution in [-0.4, -0.2) is 46.6 Å². The van der Waals surface area contributed by atoms with Crippen molar-refractivity contribution >= 4 is 5.91 Å². The number of ether oxygens (including phenoxy) is 2. The molecule has 0 atom stereocenters. The van der Waals surface area contributed by atoms with Crippen LogP contribution in [0.5, 0.6) is 11.6 Å². The lowest BCUT2D eigenvalue weighted by Gasteiger charge is -2.31. The molecule has 1 amide bonds. The predicted octanol–water partition coefficient (Wildman–Crippen LogP) is 2.54. The van der Waals surface area contributed by atoms with Gasteiger partial charge in [-0.15, -0.1) is 0 Å². The average molecular weight is 341 g/mol. The van der Waals surface area contributed by atoms with Gasteiger partial charge in [-0.3, -0.25) is 4.79 Å². The van der Waals surface area contributed by atoms with Crippen LogP contribution in [0.3, 0.4) is 0 Å². The summed E-state index contributed by atoms with van der Waals surface area (Å²) in [5.41, 5.74) is 0.896. The number of aromatic nitrogens is 2. The number of para-hydroxylation sites is 1. The summed E-state index contributed by atoms with van der Waals surface area (Å²) >= 11 is 0. The Morgan fingerprint density at radius 3 is 2.56 bits per heavy atom. The molecule has 1 aromatic heterocycles. The van der Waals surface area contributed by atoms with E-state index in [-0.39, 0.29) is 18.6 Å². The molecule has 2 heterocycles. The van der Waals surface area contributed by atoms with E-state index in [1.807, 2.05) is 55.1 Å². The Morgan fingerprint density at radius 1 is 1.16 bits per heavy atom. The first kappa shape index (κ1) is 17.2. The number of benzene rings is 1. The zero-order valence-electron chi connectivity index (χ0n) is 14.6. The van der Waals surface area contributed by atoms with Gasteiger partial charge in [0.2, 0.25) is 5.88 Å². The minimum atomic E-state index is 0.0102. The first-order chi connectivity index (χ1) is 12.1. The van der Waals surface area contributed by atoms with Gasteiger partial charge in [-0.2, -0.15) is 4.98 Å². The van der Waals surface area contributed by atoms with Crippen molar-refractivity contribution < 1.29 is 14.3 Å². The van der Waals surface area contributed by atoms with Crippen molar-refractivity contribution in [2.45, 2.75) is 32.8 Å². The van der Waals surface area contributed by atoms with Crippen molar-refractivity contribution in [3.8, 4) is 11.6 Å². The monoisotopic (exact) mass is 341 g/mol. The molecule has 0 aliphatic carbocycles. The second-order valence-corrected chi connectivity index (χ2v) is 6.19. The zero-order chi connectivity index (χ0) is 17.6. The number of aryl methyl sites for hydroxylation is 2. The van der Waals surface area contributed by atoms with Gasteiger partial charge in [-0.1, -0.05) is 18.2 Å². The van der Waals surface area contributed by atoms with Crippen LogP contribution in [-0.2, 0) is 4.79 Å². The summed E-state index contributed by atoms with van der Waals surface area (Å²) in [6.45, 7) is 5.19. The van der Waals surface area contributed by atoms with Crippen molar-refractivity contribution in [2.24, 2.45) is 0 Å². The molecule has 3 rings (SSSR count). The van der Waals surface area contributed by atoms with Crippen molar-refractivity contribution in [2.75, 3.05) is 19.7 Å². The summed E-state index contributed by atoms with van der Waals surface area (Å²) in [5.74, 6) is 2.04. The third-order valence-corrected chi connectivity index (χ3v) is 4.13. The number of piperidine rings is 1. The van der Waals surface area contributed by atoms with E-state index in [4.69, 9.17) is 9.47 Å². The highest BCUT2D eigenvalue weighted by molar-refractivity contribution is 5.77. The molecule has 0 unspecified atom stereocenters. The maximum atomic E-state index is 12.3. The fraction of sp³-hybridized carbons (Fsp3) is 0.421. The van der Waals surface area contributed by atoms with Gasteiger partial charge in [-0.25, -0.2) is 4.98 Å². The minimum absolute atomic E-state index is 0.0102. The van der Waals surface area contributed by atoms with Crippen molar-refractivity contribution in [3.05, 3.63) is 47.9 Å². The number of hydrogen-bond donors (Lipinski definition) is 0.